The van der Waals surface area contributed by atoms with Crippen molar-refractivity contribution in [3.8, 4) is 0 Å². The van der Waals surface area contributed by atoms with Gasteiger partial charge in [0, 0.05) is 17.0 Å². The van der Waals surface area contributed by atoms with E-state index in [1.807, 2.05) is 0 Å². The summed E-state index contributed by atoms with van der Waals surface area (Å²) in [6.07, 6.45) is 1.57. The van der Waals surface area contributed by atoms with Crippen LogP contribution in [0.1, 0.15) is 0 Å². The summed E-state index contributed by atoms with van der Waals surface area (Å²) in [4.78, 5) is 4.02. The number of benzene rings is 1. The molecular weight excluding hydrogens is 249 g/mol. The van der Waals surface area contributed by atoms with Gasteiger partial charge in [0.1, 0.15) is 11.6 Å². The molecule has 0 aliphatic heterocycles. The van der Waals surface area contributed by atoms with Crippen molar-refractivity contribution in [1.29, 1.82) is 0 Å². The average molecular weight is 256 g/mol. The number of hydrogen-bond donors (Lipinski definition) is 2. The molecule has 0 amide bonds. The number of hydrogen-bond acceptors (Lipinski definition) is 3. The van der Waals surface area contributed by atoms with Gasteiger partial charge in [-0.05, 0) is 34.1 Å². The van der Waals surface area contributed by atoms with E-state index in [4.69, 9.17) is 5.84 Å². The number of halogens is 2. The average Bonchev–Trinajstić information content (AvgIpc) is 2.23. The fourth-order valence-corrected chi connectivity index (χ4v) is 1.78. The van der Waals surface area contributed by atoms with Crippen LogP contribution in [-0.4, -0.2) is 4.98 Å². The molecule has 3 nitrogen and oxygen atoms in total. The van der Waals surface area contributed by atoms with Gasteiger partial charge in [-0.25, -0.2) is 15.2 Å². The topological polar surface area (TPSA) is 50.9 Å². The van der Waals surface area contributed by atoms with Crippen LogP contribution < -0.4 is 11.3 Å². The number of nitrogen functional groups attached to an aromatic ring is 1. The van der Waals surface area contributed by atoms with Gasteiger partial charge in [0.2, 0.25) is 0 Å². The molecule has 0 aliphatic rings. The Labute approximate surface area is 88.2 Å². The first-order chi connectivity index (χ1) is 6.74. The minimum absolute atomic E-state index is 0.299. The lowest BCUT2D eigenvalue weighted by Gasteiger charge is -2.05. The van der Waals surface area contributed by atoms with Gasteiger partial charge in [0.15, 0.2) is 0 Å². The second-order valence-corrected chi connectivity index (χ2v) is 3.55. The lowest BCUT2D eigenvalue weighted by atomic mass is 10.1. The molecule has 2 rings (SSSR count). The molecule has 2 aromatic rings. The van der Waals surface area contributed by atoms with Crippen molar-refractivity contribution >= 4 is 32.5 Å². The number of rotatable bonds is 1. The quantitative estimate of drug-likeness (QED) is 0.608. The van der Waals surface area contributed by atoms with Crippen LogP contribution in [0.4, 0.5) is 10.2 Å². The van der Waals surface area contributed by atoms with Crippen molar-refractivity contribution in [2.75, 3.05) is 5.43 Å². The van der Waals surface area contributed by atoms with E-state index in [9.17, 15) is 4.39 Å². The van der Waals surface area contributed by atoms with Gasteiger partial charge in [0.05, 0.1) is 4.47 Å². The van der Waals surface area contributed by atoms with Crippen LogP contribution in [0.25, 0.3) is 10.8 Å². The Morgan fingerprint density at radius 1 is 1.29 bits per heavy atom. The Hall–Kier alpha value is -1.20. The van der Waals surface area contributed by atoms with Gasteiger partial charge in [0.25, 0.3) is 0 Å². The summed E-state index contributed by atoms with van der Waals surface area (Å²) in [5, 5.41) is 1.52. The lowest BCUT2D eigenvalue weighted by molar-refractivity contribution is 0.623. The maximum Gasteiger partial charge on any atom is 0.147 e. The number of pyridine rings is 1. The second-order valence-electron chi connectivity index (χ2n) is 2.76. The van der Waals surface area contributed by atoms with Gasteiger partial charge in [-0.3, -0.25) is 0 Å². The molecule has 0 atom stereocenters. The Bertz CT molecular complexity index is 487. The SMILES string of the molecule is NNc1nccc2c(Br)c(F)ccc12. The number of nitrogens with two attached hydrogens (primary N) is 1. The number of hydrazine groups is 1. The van der Waals surface area contributed by atoms with E-state index >= 15 is 0 Å². The molecule has 0 saturated heterocycles. The van der Waals surface area contributed by atoms with E-state index in [1.165, 1.54) is 6.07 Å². The predicted octanol–water partition coefficient (Wildman–Crippen LogP) is 2.42. The number of anilines is 1. The zero-order valence-electron chi connectivity index (χ0n) is 7.09. The summed E-state index contributed by atoms with van der Waals surface area (Å²) in [5.41, 5.74) is 2.46. The third-order valence-corrected chi connectivity index (χ3v) is 2.78. The fraction of sp³-hybridized carbons (Fsp3) is 0. The van der Waals surface area contributed by atoms with Gasteiger partial charge < -0.3 is 5.43 Å². The lowest BCUT2D eigenvalue weighted by Crippen LogP contribution is -2.08. The largest absolute Gasteiger partial charge is 0.308 e. The zero-order valence-corrected chi connectivity index (χ0v) is 8.68. The first kappa shape index (κ1) is 9.36. The van der Waals surface area contributed by atoms with Crippen molar-refractivity contribution < 1.29 is 4.39 Å². The third-order valence-electron chi connectivity index (χ3n) is 1.97. The highest BCUT2D eigenvalue weighted by Gasteiger charge is 2.07. The van der Waals surface area contributed by atoms with Crippen LogP contribution in [0.3, 0.4) is 0 Å². The number of nitrogens with zero attached hydrogens (tertiary/aromatic N) is 1. The van der Waals surface area contributed by atoms with E-state index in [-0.39, 0.29) is 5.82 Å². The van der Waals surface area contributed by atoms with Crippen LogP contribution in [0.5, 0.6) is 0 Å². The Kier molecular flexibility index (Phi) is 2.35. The van der Waals surface area contributed by atoms with Crippen LogP contribution in [0.15, 0.2) is 28.9 Å². The molecule has 0 saturated carbocycles. The second kappa shape index (κ2) is 3.51. The van der Waals surface area contributed by atoms with Crippen molar-refractivity contribution in [3.63, 3.8) is 0 Å². The van der Waals surface area contributed by atoms with Crippen LogP contribution >= 0.6 is 15.9 Å². The molecule has 0 spiro atoms. The number of fused-ring (bicyclic) bond motifs is 1. The molecule has 0 radical (unpaired) electrons. The Balaban J connectivity index is 2.86. The molecule has 14 heavy (non-hydrogen) atoms. The normalized spacial score (nSPS) is 10.5. The summed E-state index contributed by atoms with van der Waals surface area (Å²) >= 11 is 3.17. The summed E-state index contributed by atoms with van der Waals surface area (Å²) in [5.74, 6) is 5.51. The molecule has 1 heterocycles. The highest BCUT2D eigenvalue weighted by molar-refractivity contribution is 9.10. The van der Waals surface area contributed by atoms with Gasteiger partial charge in [-0.2, -0.15) is 0 Å². The summed E-state index contributed by atoms with van der Waals surface area (Å²) < 4.78 is 13.6. The third kappa shape index (κ3) is 1.34. The van der Waals surface area contributed by atoms with Gasteiger partial charge in [-0.15, -0.1) is 0 Å². The molecule has 0 aliphatic carbocycles. The fourth-order valence-electron chi connectivity index (χ4n) is 1.31. The van der Waals surface area contributed by atoms with E-state index in [0.29, 0.717) is 10.3 Å². The minimum Gasteiger partial charge on any atom is -0.308 e. The monoisotopic (exact) mass is 255 g/mol. The standard InChI is InChI=1S/C9H7BrFN3/c10-8-5-3-4-13-9(14-12)6(5)1-2-7(8)11/h1-4H,12H2,(H,13,14). The maximum absolute atomic E-state index is 13.2. The Morgan fingerprint density at radius 3 is 2.79 bits per heavy atom. The highest BCUT2D eigenvalue weighted by Crippen LogP contribution is 2.29. The molecule has 0 unspecified atom stereocenters. The Morgan fingerprint density at radius 2 is 2.07 bits per heavy atom. The first-order valence-corrected chi connectivity index (χ1v) is 4.72. The molecule has 1 aromatic carbocycles. The smallest absolute Gasteiger partial charge is 0.147 e. The number of aromatic nitrogens is 1. The van der Waals surface area contributed by atoms with Crippen molar-refractivity contribution in [2.24, 2.45) is 5.84 Å². The molecule has 3 N–H and O–H groups in total. The van der Waals surface area contributed by atoms with Gasteiger partial charge in [-0.1, -0.05) is 0 Å². The van der Waals surface area contributed by atoms with Gasteiger partial charge >= 0.3 is 0 Å². The van der Waals surface area contributed by atoms with Crippen LogP contribution in [-0.2, 0) is 0 Å². The van der Waals surface area contributed by atoms with Crippen molar-refractivity contribution in [1.82, 2.24) is 4.98 Å². The molecule has 5 heteroatoms. The molecule has 1 aromatic heterocycles. The summed E-state index contributed by atoms with van der Waals surface area (Å²) in [7, 11) is 0. The predicted molar refractivity (Wildman–Crippen MR) is 57.2 cm³/mol. The molecule has 72 valence electrons. The molecular formula is C9H7BrFN3. The van der Waals surface area contributed by atoms with E-state index in [0.717, 1.165) is 10.8 Å². The first-order valence-electron chi connectivity index (χ1n) is 3.93. The van der Waals surface area contributed by atoms with Crippen LogP contribution in [0.2, 0.25) is 0 Å². The van der Waals surface area contributed by atoms with E-state index in [1.54, 1.807) is 18.3 Å². The van der Waals surface area contributed by atoms with Crippen LogP contribution in [0, 0.1) is 5.82 Å². The minimum atomic E-state index is -0.299. The van der Waals surface area contributed by atoms with Crippen molar-refractivity contribution in [3.05, 3.63) is 34.7 Å². The molecule has 0 bridgehead atoms. The number of nitrogens with one attached hydrogen (secondary N) is 1. The van der Waals surface area contributed by atoms with Crippen molar-refractivity contribution in [2.45, 2.75) is 0 Å². The maximum atomic E-state index is 13.2. The van der Waals surface area contributed by atoms with E-state index < -0.39 is 0 Å². The van der Waals surface area contributed by atoms with E-state index in [2.05, 4.69) is 26.3 Å². The summed E-state index contributed by atoms with van der Waals surface area (Å²) in [6.45, 7) is 0. The molecule has 0 fully saturated rings. The zero-order chi connectivity index (χ0) is 10.1. The summed E-state index contributed by atoms with van der Waals surface area (Å²) in [6, 6.07) is 4.73. The highest BCUT2D eigenvalue weighted by atomic mass is 79.9.